The maximum Gasteiger partial charge on any atom is 0.303 e. The first-order valence-electron chi connectivity index (χ1n) is 6.48. The fourth-order valence-electron chi connectivity index (χ4n) is 3.12. The minimum Gasteiger partial charge on any atom is -0.481 e. The number of carboxylic acid groups (broad SMARTS) is 1. The molecule has 0 aromatic rings. The number of nitrogens with zero attached hydrogens (tertiary/aromatic N) is 1. The van der Waals surface area contributed by atoms with Crippen LogP contribution in [0.2, 0.25) is 0 Å². The molecule has 2 aliphatic rings. The number of carbonyl (C=O) groups is 1. The Balaban J connectivity index is 1.91. The molecule has 92 valence electrons. The van der Waals surface area contributed by atoms with Crippen LogP contribution in [0.15, 0.2) is 0 Å². The van der Waals surface area contributed by atoms with Crippen molar-refractivity contribution in [3.63, 3.8) is 0 Å². The van der Waals surface area contributed by atoms with Crippen LogP contribution >= 0.6 is 0 Å². The monoisotopic (exact) mass is 225 g/mol. The molecule has 0 bridgehead atoms. The molecule has 1 aliphatic carbocycles. The Morgan fingerprint density at radius 1 is 1.50 bits per heavy atom. The number of carboxylic acids is 1. The number of aliphatic carboxylic acids is 1. The van der Waals surface area contributed by atoms with Crippen LogP contribution in [-0.2, 0) is 4.79 Å². The van der Waals surface area contributed by atoms with E-state index in [9.17, 15) is 4.79 Å². The highest BCUT2D eigenvalue weighted by Gasteiger charge is 2.47. The van der Waals surface area contributed by atoms with Crippen molar-refractivity contribution in [2.45, 2.75) is 52.0 Å². The third kappa shape index (κ3) is 2.57. The molecule has 3 heteroatoms. The number of hydrogen-bond donors (Lipinski definition) is 1. The average Bonchev–Trinajstić information content (AvgIpc) is 2.75. The molecule has 0 spiro atoms. The molecule has 1 saturated carbocycles. The Morgan fingerprint density at radius 3 is 2.69 bits per heavy atom. The standard InChI is InChI=1S/C13H23NO2/c1-10(2)11-4-3-7-14(11)9-13(5-6-13)8-12(15)16/h10-11H,3-9H2,1-2H3,(H,15,16). The van der Waals surface area contributed by atoms with Crippen molar-refractivity contribution in [2.24, 2.45) is 11.3 Å². The summed E-state index contributed by atoms with van der Waals surface area (Å²) < 4.78 is 0. The molecule has 0 aromatic carbocycles. The van der Waals surface area contributed by atoms with E-state index in [0.717, 1.165) is 19.4 Å². The van der Waals surface area contributed by atoms with Gasteiger partial charge in [-0.15, -0.1) is 0 Å². The van der Waals surface area contributed by atoms with Crippen LogP contribution in [0, 0.1) is 11.3 Å². The van der Waals surface area contributed by atoms with E-state index in [-0.39, 0.29) is 5.41 Å². The van der Waals surface area contributed by atoms with Crippen molar-refractivity contribution in [1.29, 1.82) is 0 Å². The van der Waals surface area contributed by atoms with Crippen LogP contribution in [0.5, 0.6) is 0 Å². The molecule has 0 amide bonds. The normalized spacial score (nSPS) is 28.6. The lowest BCUT2D eigenvalue weighted by Crippen LogP contribution is -2.38. The van der Waals surface area contributed by atoms with Crippen molar-refractivity contribution in [2.75, 3.05) is 13.1 Å². The van der Waals surface area contributed by atoms with Gasteiger partial charge in [-0.25, -0.2) is 0 Å². The molecule has 3 nitrogen and oxygen atoms in total. The Hall–Kier alpha value is -0.570. The molecule has 1 heterocycles. The van der Waals surface area contributed by atoms with Crippen LogP contribution < -0.4 is 0 Å². The Labute approximate surface area is 97.8 Å². The van der Waals surface area contributed by atoms with Crippen LogP contribution in [0.1, 0.15) is 46.0 Å². The molecule has 1 atom stereocenters. The van der Waals surface area contributed by atoms with E-state index in [1.54, 1.807) is 0 Å². The molecule has 2 rings (SSSR count). The van der Waals surface area contributed by atoms with Gasteiger partial charge in [0.2, 0.25) is 0 Å². The molecule has 1 aliphatic heterocycles. The first-order chi connectivity index (χ1) is 7.52. The van der Waals surface area contributed by atoms with Gasteiger partial charge in [0.25, 0.3) is 0 Å². The molecule has 1 N–H and O–H groups in total. The van der Waals surface area contributed by atoms with Crippen LogP contribution in [0.25, 0.3) is 0 Å². The lowest BCUT2D eigenvalue weighted by atomic mass is 9.98. The summed E-state index contributed by atoms with van der Waals surface area (Å²) in [5.74, 6) is 0.0703. The van der Waals surface area contributed by atoms with Gasteiger partial charge in [-0.2, -0.15) is 0 Å². The third-order valence-electron chi connectivity index (χ3n) is 4.21. The van der Waals surface area contributed by atoms with Gasteiger partial charge in [0.15, 0.2) is 0 Å². The van der Waals surface area contributed by atoms with Crippen molar-refractivity contribution in [3.05, 3.63) is 0 Å². The van der Waals surface area contributed by atoms with Gasteiger partial charge in [0, 0.05) is 12.6 Å². The molecule has 0 aromatic heterocycles. The summed E-state index contributed by atoms with van der Waals surface area (Å²) in [5.41, 5.74) is 0.128. The minimum absolute atomic E-state index is 0.128. The highest BCUT2D eigenvalue weighted by molar-refractivity contribution is 5.68. The predicted octanol–water partition coefficient (Wildman–Crippen LogP) is 2.36. The van der Waals surface area contributed by atoms with Crippen molar-refractivity contribution in [1.82, 2.24) is 4.90 Å². The Kier molecular flexibility index (Phi) is 3.24. The van der Waals surface area contributed by atoms with Gasteiger partial charge < -0.3 is 5.11 Å². The molecule has 16 heavy (non-hydrogen) atoms. The summed E-state index contributed by atoms with van der Waals surface area (Å²) in [6.07, 6.45) is 5.17. The summed E-state index contributed by atoms with van der Waals surface area (Å²) >= 11 is 0. The quantitative estimate of drug-likeness (QED) is 0.781. The fraction of sp³-hybridized carbons (Fsp3) is 0.923. The van der Waals surface area contributed by atoms with Crippen LogP contribution in [0.4, 0.5) is 0 Å². The minimum atomic E-state index is -0.627. The second kappa shape index (κ2) is 4.36. The lowest BCUT2D eigenvalue weighted by molar-refractivity contribution is -0.138. The molecule has 1 saturated heterocycles. The zero-order chi connectivity index (χ0) is 11.8. The van der Waals surface area contributed by atoms with Gasteiger partial charge in [-0.1, -0.05) is 13.8 Å². The number of rotatable bonds is 5. The first-order valence-corrected chi connectivity index (χ1v) is 6.48. The molecule has 0 radical (unpaired) electrons. The number of hydrogen-bond acceptors (Lipinski definition) is 2. The van der Waals surface area contributed by atoms with Crippen molar-refractivity contribution >= 4 is 5.97 Å². The Bertz CT molecular complexity index is 271. The average molecular weight is 225 g/mol. The number of likely N-dealkylation sites (tertiary alicyclic amines) is 1. The van der Waals surface area contributed by atoms with Crippen LogP contribution in [-0.4, -0.2) is 35.1 Å². The smallest absolute Gasteiger partial charge is 0.303 e. The van der Waals surface area contributed by atoms with Gasteiger partial charge in [0.1, 0.15) is 0 Å². The van der Waals surface area contributed by atoms with Gasteiger partial charge in [0.05, 0.1) is 6.42 Å². The summed E-state index contributed by atoms with van der Waals surface area (Å²) in [7, 11) is 0. The zero-order valence-electron chi connectivity index (χ0n) is 10.4. The lowest BCUT2D eigenvalue weighted by Gasteiger charge is -2.30. The van der Waals surface area contributed by atoms with Crippen molar-refractivity contribution < 1.29 is 9.90 Å². The summed E-state index contributed by atoms with van der Waals surface area (Å²) in [6, 6.07) is 0.686. The van der Waals surface area contributed by atoms with E-state index >= 15 is 0 Å². The first kappa shape index (κ1) is 11.9. The molecule has 1 unspecified atom stereocenters. The van der Waals surface area contributed by atoms with E-state index in [1.807, 2.05) is 0 Å². The van der Waals surface area contributed by atoms with E-state index in [0.29, 0.717) is 18.4 Å². The van der Waals surface area contributed by atoms with E-state index < -0.39 is 5.97 Å². The second-order valence-corrected chi connectivity index (χ2v) is 5.99. The third-order valence-corrected chi connectivity index (χ3v) is 4.21. The van der Waals surface area contributed by atoms with E-state index in [2.05, 4.69) is 18.7 Å². The van der Waals surface area contributed by atoms with E-state index in [1.165, 1.54) is 19.4 Å². The van der Waals surface area contributed by atoms with Gasteiger partial charge in [-0.05, 0) is 43.6 Å². The molecular formula is C13H23NO2. The van der Waals surface area contributed by atoms with Crippen molar-refractivity contribution in [3.8, 4) is 0 Å². The second-order valence-electron chi connectivity index (χ2n) is 5.99. The fourth-order valence-corrected chi connectivity index (χ4v) is 3.12. The maximum atomic E-state index is 10.8. The van der Waals surface area contributed by atoms with Gasteiger partial charge >= 0.3 is 5.97 Å². The summed E-state index contributed by atoms with van der Waals surface area (Å²) in [6.45, 7) is 6.74. The summed E-state index contributed by atoms with van der Waals surface area (Å²) in [4.78, 5) is 13.4. The Morgan fingerprint density at radius 2 is 2.19 bits per heavy atom. The molecular weight excluding hydrogens is 202 g/mol. The SMILES string of the molecule is CC(C)C1CCCN1CC1(CC(=O)O)CC1. The summed E-state index contributed by atoms with van der Waals surface area (Å²) in [5, 5.41) is 8.92. The largest absolute Gasteiger partial charge is 0.481 e. The van der Waals surface area contributed by atoms with Crippen LogP contribution in [0.3, 0.4) is 0 Å². The topological polar surface area (TPSA) is 40.5 Å². The van der Waals surface area contributed by atoms with E-state index in [4.69, 9.17) is 5.11 Å². The predicted molar refractivity (Wildman–Crippen MR) is 63.4 cm³/mol. The zero-order valence-corrected chi connectivity index (χ0v) is 10.4. The maximum absolute atomic E-state index is 10.8. The highest BCUT2D eigenvalue weighted by Crippen LogP contribution is 2.50. The highest BCUT2D eigenvalue weighted by atomic mass is 16.4. The molecule has 2 fully saturated rings. The van der Waals surface area contributed by atoms with Gasteiger partial charge in [-0.3, -0.25) is 9.69 Å².